The Morgan fingerprint density at radius 2 is 1.79 bits per heavy atom. The molecule has 0 aromatic heterocycles. The van der Waals surface area contributed by atoms with E-state index in [1.165, 1.54) is 11.1 Å². The predicted octanol–water partition coefficient (Wildman–Crippen LogP) is 4.29. The lowest BCUT2D eigenvalue weighted by molar-refractivity contribution is 0.242. The Balaban J connectivity index is 2.36. The van der Waals surface area contributed by atoms with Gasteiger partial charge in [0.25, 0.3) is 0 Å². The van der Waals surface area contributed by atoms with Crippen LogP contribution in [0.2, 0.25) is 0 Å². The van der Waals surface area contributed by atoms with Crippen molar-refractivity contribution in [2.24, 2.45) is 0 Å². The largest absolute Gasteiger partial charge is 0.491 e. The topological polar surface area (TPSA) is 35.2 Å². The van der Waals surface area contributed by atoms with Gasteiger partial charge in [-0.2, -0.15) is 0 Å². The van der Waals surface area contributed by atoms with E-state index in [1.54, 1.807) is 0 Å². The van der Waals surface area contributed by atoms with Gasteiger partial charge < -0.3 is 10.5 Å². The van der Waals surface area contributed by atoms with Gasteiger partial charge in [-0.3, -0.25) is 0 Å². The van der Waals surface area contributed by atoms with Crippen molar-refractivity contribution in [2.75, 3.05) is 5.73 Å². The molecule has 0 saturated heterocycles. The van der Waals surface area contributed by atoms with Gasteiger partial charge in [0, 0.05) is 5.69 Å². The highest BCUT2D eigenvalue weighted by atomic mass is 16.5. The second-order valence-corrected chi connectivity index (χ2v) is 4.96. The minimum atomic E-state index is 0.188. The monoisotopic (exact) mass is 255 g/mol. The fourth-order valence-electron chi connectivity index (χ4n) is 2.11. The molecule has 0 unspecified atom stereocenters. The van der Waals surface area contributed by atoms with Crippen molar-refractivity contribution in [3.63, 3.8) is 0 Å². The van der Waals surface area contributed by atoms with Crippen LogP contribution < -0.4 is 10.5 Å². The van der Waals surface area contributed by atoms with Crippen LogP contribution in [0.15, 0.2) is 42.5 Å². The Bertz CT molecular complexity index is 561. The second kappa shape index (κ2) is 5.79. The van der Waals surface area contributed by atoms with E-state index in [2.05, 4.69) is 31.2 Å². The molecule has 0 aliphatic carbocycles. The number of hydrogen-bond acceptors (Lipinski definition) is 2. The Morgan fingerprint density at radius 3 is 2.47 bits per heavy atom. The molecule has 0 amide bonds. The molecule has 0 saturated carbocycles. The van der Waals surface area contributed by atoms with Gasteiger partial charge in [0.2, 0.25) is 0 Å². The molecule has 0 spiro atoms. The molecular formula is C17H21NO. The third kappa shape index (κ3) is 3.28. The summed E-state index contributed by atoms with van der Waals surface area (Å²) in [6.45, 7) is 6.18. The van der Waals surface area contributed by atoms with Crippen LogP contribution in [0.4, 0.5) is 5.69 Å². The Labute approximate surface area is 115 Å². The summed E-state index contributed by atoms with van der Waals surface area (Å²) < 4.78 is 5.73. The molecule has 2 heteroatoms. The maximum Gasteiger partial charge on any atom is 0.120 e. The van der Waals surface area contributed by atoms with Crippen LogP contribution in [-0.4, -0.2) is 6.10 Å². The molecule has 2 rings (SSSR count). The van der Waals surface area contributed by atoms with E-state index in [-0.39, 0.29) is 6.10 Å². The number of rotatable bonds is 4. The molecule has 0 bridgehead atoms. The number of aryl methyl sites for hydroxylation is 1. The van der Waals surface area contributed by atoms with E-state index in [9.17, 15) is 0 Å². The van der Waals surface area contributed by atoms with E-state index in [0.717, 1.165) is 23.4 Å². The quantitative estimate of drug-likeness (QED) is 0.827. The van der Waals surface area contributed by atoms with E-state index in [1.807, 2.05) is 32.0 Å². The van der Waals surface area contributed by atoms with E-state index >= 15 is 0 Å². The van der Waals surface area contributed by atoms with E-state index in [0.29, 0.717) is 0 Å². The number of anilines is 1. The van der Waals surface area contributed by atoms with Crippen molar-refractivity contribution in [1.82, 2.24) is 0 Å². The molecule has 0 aliphatic rings. The molecular weight excluding hydrogens is 234 g/mol. The highest BCUT2D eigenvalue weighted by Crippen LogP contribution is 2.27. The van der Waals surface area contributed by atoms with Crippen LogP contribution in [0.3, 0.4) is 0 Å². The van der Waals surface area contributed by atoms with Gasteiger partial charge >= 0.3 is 0 Å². The molecule has 0 aliphatic heterocycles. The second-order valence-electron chi connectivity index (χ2n) is 4.96. The number of ether oxygens (including phenoxy) is 1. The molecule has 0 atom stereocenters. The van der Waals surface area contributed by atoms with Crippen LogP contribution in [0.25, 0.3) is 11.1 Å². The average molecular weight is 255 g/mol. The summed E-state index contributed by atoms with van der Waals surface area (Å²) in [4.78, 5) is 0. The number of nitrogens with two attached hydrogens (primary N) is 1. The van der Waals surface area contributed by atoms with Gasteiger partial charge in [-0.05, 0) is 61.2 Å². The van der Waals surface area contributed by atoms with Crippen molar-refractivity contribution in [2.45, 2.75) is 33.3 Å². The van der Waals surface area contributed by atoms with Gasteiger partial charge in [-0.1, -0.05) is 25.1 Å². The summed E-state index contributed by atoms with van der Waals surface area (Å²) in [7, 11) is 0. The van der Waals surface area contributed by atoms with Gasteiger partial charge in [-0.15, -0.1) is 0 Å². The average Bonchev–Trinajstić information content (AvgIpc) is 2.39. The zero-order chi connectivity index (χ0) is 13.8. The summed E-state index contributed by atoms with van der Waals surface area (Å²) in [6, 6.07) is 14.4. The SMILES string of the molecule is CCc1cc(-c2cccc(OC(C)C)c2)ccc1N. The number of nitrogen functional groups attached to an aromatic ring is 1. The van der Waals surface area contributed by atoms with Crippen LogP contribution in [0.1, 0.15) is 26.3 Å². The van der Waals surface area contributed by atoms with E-state index in [4.69, 9.17) is 10.5 Å². The summed E-state index contributed by atoms with van der Waals surface area (Å²) in [5.74, 6) is 0.905. The highest BCUT2D eigenvalue weighted by molar-refractivity contribution is 5.69. The van der Waals surface area contributed by atoms with Gasteiger partial charge in [-0.25, -0.2) is 0 Å². The van der Waals surface area contributed by atoms with Gasteiger partial charge in [0.1, 0.15) is 5.75 Å². The molecule has 19 heavy (non-hydrogen) atoms. The minimum absolute atomic E-state index is 0.188. The standard InChI is InChI=1S/C17H21NO/c1-4-13-10-15(8-9-17(13)18)14-6-5-7-16(11-14)19-12(2)3/h5-12H,4,18H2,1-3H3. The highest BCUT2D eigenvalue weighted by Gasteiger charge is 2.04. The first-order valence-corrected chi connectivity index (χ1v) is 6.75. The lowest BCUT2D eigenvalue weighted by atomic mass is 10.0. The molecule has 0 fully saturated rings. The van der Waals surface area contributed by atoms with Crippen molar-refractivity contribution < 1.29 is 4.74 Å². The lowest BCUT2D eigenvalue weighted by Gasteiger charge is -2.12. The predicted molar refractivity (Wildman–Crippen MR) is 81.4 cm³/mol. The summed E-state index contributed by atoms with van der Waals surface area (Å²) in [6.07, 6.45) is 1.13. The summed E-state index contributed by atoms with van der Waals surface area (Å²) in [5, 5.41) is 0. The zero-order valence-corrected chi connectivity index (χ0v) is 11.8. The maximum atomic E-state index is 5.95. The lowest BCUT2D eigenvalue weighted by Crippen LogP contribution is -2.05. The first-order valence-electron chi connectivity index (χ1n) is 6.75. The molecule has 2 aromatic rings. The van der Waals surface area contributed by atoms with Crippen molar-refractivity contribution in [3.05, 3.63) is 48.0 Å². The van der Waals surface area contributed by atoms with Crippen molar-refractivity contribution in [3.8, 4) is 16.9 Å². The smallest absolute Gasteiger partial charge is 0.120 e. The van der Waals surface area contributed by atoms with Crippen LogP contribution in [0.5, 0.6) is 5.75 Å². The number of hydrogen-bond donors (Lipinski definition) is 1. The normalized spacial score (nSPS) is 10.7. The molecule has 100 valence electrons. The molecule has 0 radical (unpaired) electrons. The Morgan fingerprint density at radius 1 is 1.05 bits per heavy atom. The van der Waals surface area contributed by atoms with Crippen LogP contribution in [0, 0.1) is 0 Å². The van der Waals surface area contributed by atoms with Gasteiger partial charge in [0.05, 0.1) is 6.10 Å². The molecule has 0 heterocycles. The fraction of sp³-hybridized carbons (Fsp3) is 0.294. The maximum absolute atomic E-state index is 5.95. The minimum Gasteiger partial charge on any atom is -0.491 e. The molecule has 2 N–H and O–H groups in total. The summed E-state index contributed by atoms with van der Waals surface area (Å²) in [5.41, 5.74) is 10.3. The Kier molecular flexibility index (Phi) is 4.10. The molecule has 2 aromatic carbocycles. The third-order valence-corrected chi connectivity index (χ3v) is 3.06. The Hall–Kier alpha value is -1.96. The van der Waals surface area contributed by atoms with Crippen LogP contribution in [-0.2, 0) is 6.42 Å². The molecule has 2 nitrogen and oxygen atoms in total. The van der Waals surface area contributed by atoms with Crippen LogP contribution >= 0.6 is 0 Å². The van der Waals surface area contributed by atoms with Gasteiger partial charge in [0.15, 0.2) is 0 Å². The fourth-order valence-corrected chi connectivity index (χ4v) is 2.11. The van der Waals surface area contributed by atoms with Crippen molar-refractivity contribution >= 4 is 5.69 Å². The van der Waals surface area contributed by atoms with Crippen molar-refractivity contribution in [1.29, 1.82) is 0 Å². The first-order chi connectivity index (χ1) is 9.10. The van der Waals surface area contributed by atoms with E-state index < -0.39 is 0 Å². The first kappa shape index (κ1) is 13.5. The summed E-state index contributed by atoms with van der Waals surface area (Å²) >= 11 is 0. The third-order valence-electron chi connectivity index (χ3n) is 3.06. The zero-order valence-electron chi connectivity index (χ0n) is 11.8. The number of benzene rings is 2.